The van der Waals surface area contributed by atoms with Crippen LogP contribution >= 0.6 is 0 Å². The smallest absolute Gasteiger partial charge is 0.423 e. The van der Waals surface area contributed by atoms with Crippen LogP contribution in [0.5, 0.6) is 5.75 Å². The number of carbonyl (C=O) groups excluding carboxylic acids is 1. The first-order valence-corrected chi connectivity index (χ1v) is 7.66. The molecular formula is C17H10F5N3O3. The lowest BCUT2D eigenvalue weighted by Gasteiger charge is -2.35. The van der Waals surface area contributed by atoms with E-state index in [1.807, 2.05) is 0 Å². The van der Waals surface area contributed by atoms with Crippen molar-refractivity contribution in [2.75, 3.05) is 4.90 Å². The third-order valence-electron chi connectivity index (χ3n) is 3.92. The van der Waals surface area contributed by atoms with Gasteiger partial charge in [0.25, 0.3) is 0 Å². The number of rotatable bonds is 3. The van der Waals surface area contributed by atoms with E-state index in [9.17, 15) is 31.9 Å². The third kappa shape index (κ3) is 3.46. The van der Waals surface area contributed by atoms with Crippen LogP contribution in [-0.4, -0.2) is 28.3 Å². The molecule has 1 aromatic heterocycles. The fourth-order valence-electron chi connectivity index (χ4n) is 2.67. The zero-order chi connectivity index (χ0) is 20.7. The van der Waals surface area contributed by atoms with E-state index in [4.69, 9.17) is 5.26 Å². The van der Waals surface area contributed by atoms with Crippen LogP contribution < -0.4 is 9.64 Å². The molecule has 3 rings (SSSR count). The third-order valence-corrected chi connectivity index (χ3v) is 3.92. The van der Waals surface area contributed by atoms with Crippen LogP contribution in [0.4, 0.5) is 27.6 Å². The van der Waals surface area contributed by atoms with E-state index in [2.05, 4.69) is 9.72 Å². The van der Waals surface area contributed by atoms with Gasteiger partial charge in [-0.1, -0.05) is 12.1 Å². The SMILES string of the molecule is N#Cc1cc(CN2C(=O)C(F)(F)Oc3c(C(O)C(F)(F)F)cccc32)ccn1. The molecule has 6 nitrogen and oxygen atoms in total. The maximum atomic E-state index is 14.1. The van der Waals surface area contributed by atoms with Gasteiger partial charge in [0.15, 0.2) is 11.9 Å². The van der Waals surface area contributed by atoms with Crippen LogP contribution in [0.1, 0.15) is 22.9 Å². The predicted octanol–water partition coefficient (Wildman–Crippen LogP) is 3.07. The summed E-state index contributed by atoms with van der Waals surface area (Å²) < 4.78 is 71.1. The molecule has 2 heterocycles. The molecule has 1 aromatic carbocycles. The van der Waals surface area contributed by atoms with Crippen molar-refractivity contribution in [1.29, 1.82) is 5.26 Å². The fraction of sp³-hybridized carbons (Fsp3) is 0.235. The van der Waals surface area contributed by atoms with E-state index in [1.54, 1.807) is 6.07 Å². The molecule has 1 unspecified atom stereocenters. The van der Waals surface area contributed by atoms with Crippen molar-refractivity contribution in [1.82, 2.24) is 4.98 Å². The Morgan fingerprint density at radius 3 is 2.68 bits per heavy atom. The van der Waals surface area contributed by atoms with E-state index < -0.39 is 42.2 Å². The second kappa shape index (κ2) is 6.72. The number of aliphatic hydroxyl groups excluding tert-OH is 1. The summed E-state index contributed by atoms with van der Waals surface area (Å²) in [5, 5.41) is 18.4. The maximum absolute atomic E-state index is 14.1. The van der Waals surface area contributed by atoms with E-state index in [-0.39, 0.29) is 16.9 Å². The Kier molecular flexibility index (Phi) is 4.68. The normalized spacial score (nSPS) is 16.8. The average Bonchev–Trinajstić information content (AvgIpc) is 2.63. The molecule has 1 aliphatic rings. The monoisotopic (exact) mass is 399 g/mol. The number of fused-ring (bicyclic) bond motifs is 1. The van der Waals surface area contributed by atoms with Crippen LogP contribution in [0.3, 0.4) is 0 Å². The maximum Gasteiger partial charge on any atom is 0.483 e. The van der Waals surface area contributed by atoms with Crippen molar-refractivity contribution >= 4 is 11.6 Å². The molecule has 11 heteroatoms. The van der Waals surface area contributed by atoms with Gasteiger partial charge in [0.2, 0.25) is 0 Å². The number of nitriles is 1. The Bertz CT molecular complexity index is 971. The van der Waals surface area contributed by atoms with Gasteiger partial charge in [-0.15, -0.1) is 0 Å². The molecule has 1 amide bonds. The number of pyridine rings is 1. The zero-order valence-corrected chi connectivity index (χ0v) is 13.7. The molecule has 0 bridgehead atoms. The molecule has 1 N–H and O–H groups in total. The van der Waals surface area contributed by atoms with Crippen LogP contribution in [0.15, 0.2) is 36.5 Å². The number of ether oxygens (including phenoxy) is 1. The topological polar surface area (TPSA) is 86.5 Å². The number of halogens is 5. The Balaban J connectivity index is 2.10. The fourth-order valence-corrected chi connectivity index (χ4v) is 2.67. The summed E-state index contributed by atoms with van der Waals surface area (Å²) >= 11 is 0. The van der Waals surface area contributed by atoms with Crippen molar-refractivity contribution < 1.29 is 36.6 Å². The van der Waals surface area contributed by atoms with Gasteiger partial charge in [-0.3, -0.25) is 9.69 Å². The van der Waals surface area contributed by atoms with Crippen molar-refractivity contribution in [3.05, 3.63) is 53.3 Å². The van der Waals surface area contributed by atoms with Gasteiger partial charge in [-0.2, -0.15) is 27.2 Å². The Hall–Kier alpha value is -3.26. The standard InChI is InChI=1S/C17H10F5N3O3/c18-16(19,20)14(26)11-2-1-3-12-13(11)28-17(21,22)15(27)25(12)8-9-4-5-24-10(6-9)7-23/h1-6,14,26H,8H2. The van der Waals surface area contributed by atoms with E-state index in [0.717, 1.165) is 18.2 Å². The summed E-state index contributed by atoms with van der Waals surface area (Å²) in [5.41, 5.74) is -1.11. The molecule has 2 aromatic rings. The summed E-state index contributed by atoms with van der Waals surface area (Å²) in [4.78, 5) is 16.4. The van der Waals surface area contributed by atoms with Crippen LogP contribution in [0.25, 0.3) is 0 Å². The van der Waals surface area contributed by atoms with E-state index in [0.29, 0.717) is 4.90 Å². The number of anilines is 1. The molecule has 0 fully saturated rings. The second-order valence-corrected chi connectivity index (χ2v) is 5.81. The highest BCUT2D eigenvalue weighted by Gasteiger charge is 2.52. The van der Waals surface area contributed by atoms with E-state index in [1.165, 1.54) is 18.3 Å². The van der Waals surface area contributed by atoms with Crippen molar-refractivity contribution in [2.45, 2.75) is 24.9 Å². The van der Waals surface area contributed by atoms with Gasteiger partial charge in [-0.25, -0.2) is 4.98 Å². The number of alkyl halides is 5. The minimum atomic E-state index is -5.13. The molecule has 1 aliphatic heterocycles. The minimum Gasteiger partial charge on any atom is -0.423 e. The number of aliphatic hydroxyl groups is 1. The molecular weight excluding hydrogens is 389 g/mol. The Morgan fingerprint density at radius 2 is 2.04 bits per heavy atom. The lowest BCUT2D eigenvalue weighted by atomic mass is 10.0. The van der Waals surface area contributed by atoms with Gasteiger partial charge < -0.3 is 9.84 Å². The highest BCUT2D eigenvalue weighted by molar-refractivity contribution is 6.01. The summed E-state index contributed by atoms with van der Waals surface area (Å²) in [7, 11) is 0. The van der Waals surface area contributed by atoms with Gasteiger partial charge in [-0.05, 0) is 23.8 Å². The summed E-state index contributed by atoms with van der Waals surface area (Å²) in [5.74, 6) is -2.75. The van der Waals surface area contributed by atoms with Crippen LogP contribution in [0.2, 0.25) is 0 Å². The van der Waals surface area contributed by atoms with Gasteiger partial charge >= 0.3 is 18.2 Å². The number of carbonyl (C=O) groups is 1. The largest absolute Gasteiger partial charge is 0.483 e. The molecule has 0 saturated heterocycles. The highest BCUT2D eigenvalue weighted by atomic mass is 19.4. The Labute approximate surface area is 154 Å². The van der Waals surface area contributed by atoms with Crippen LogP contribution in [-0.2, 0) is 11.3 Å². The first-order valence-electron chi connectivity index (χ1n) is 7.66. The van der Waals surface area contributed by atoms with E-state index >= 15 is 0 Å². The Morgan fingerprint density at radius 1 is 1.32 bits per heavy atom. The first-order chi connectivity index (χ1) is 13.0. The quantitative estimate of drug-likeness (QED) is 0.802. The molecule has 0 saturated carbocycles. The number of benzene rings is 1. The zero-order valence-electron chi connectivity index (χ0n) is 13.7. The van der Waals surface area contributed by atoms with Gasteiger partial charge in [0, 0.05) is 11.8 Å². The van der Waals surface area contributed by atoms with Crippen molar-refractivity contribution in [3.63, 3.8) is 0 Å². The molecule has 0 aliphatic carbocycles. The predicted molar refractivity (Wildman–Crippen MR) is 83.2 cm³/mol. The van der Waals surface area contributed by atoms with Crippen LogP contribution in [0, 0.1) is 11.3 Å². The second-order valence-electron chi connectivity index (χ2n) is 5.81. The molecule has 0 spiro atoms. The number of hydrogen-bond donors (Lipinski definition) is 1. The molecule has 28 heavy (non-hydrogen) atoms. The number of nitrogens with zero attached hydrogens (tertiary/aromatic N) is 3. The number of hydrogen-bond acceptors (Lipinski definition) is 5. The summed E-state index contributed by atoms with van der Waals surface area (Å²) in [6, 6.07) is 7.31. The number of aromatic nitrogens is 1. The van der Waals surface area contributed by atoms with Gasteiger partial charge in [0.1, 0.15) is 11.8 Å². The first kappa shape index (κ1) is 19.5. The summed E-state index contributed by atoms with van der Waals surface area (Å²) in [6.07, 6.45) is -11.4. The van der Waals surface area contributed by atoms with Crippen molar-refractivity contribution in [3.8, 4) is 11.8 Å². The van der Waals surface area contributed by atoms with Crippen molar-refractivity contribution in [2.24, 2.45) is 0 Å². The highest BCUT2D eigenvalue weighted by Crippen LogP contribution is 2.47. The number of amides is 1. The van der Waals surface area contributed by atoms with Gasteiger partial charge in [0.05, 0.1) is 12.2 Å². The lowest BCUT2D eigenvalue weighted by molar-refractivity contribution is -0.211. The average molecular weight is 399 g/mol. The lowest BCUT2D eigenvalue weighted by Crippen LogP contribution is -2.50. The minimum absolute atomic E-state index is 0.0357. The molecule has 1 atom stereocenters. The summed E-state index contributed by atoms with van der Waals surface area (Å²) in [6.45, 7) is -0.479. The molecule has 146 valence electrons. The number of para-hydroxylation sites is 1. The molecule has 0 radical (unpaired) electrons.